The summed E-state index contributed by atoms with van der Waals surface area (Å²) >= 11 is 0. The Balaban J connectivity index is 2.51. The first-order valence-electron chi connectivity index (χ1n) is 12.4. The summed E-state index contributed by atoms with van der Waals surface area (Å²) in [5, 5.41) is 0. The minimum atomic E-state index is -6.28. The van der Waals surface area contributed by atoms with E-state index in [0.29, 0.717) is 4.58 Å². The van der Waals surface area contributed by atoms with Crippen molar-refractivity contribution in [2.75, 3.05) is 13.6 Å². The quantitative estimate of drug-likeness (QED) is 0.0383. The van der Waals surface area contributed by atoms with Gasteiger partial charge in [0, 0.05) is 0 Å². The number of rotatable bonds is 6. The van der Waals surface area contributed by atoms with Crippen molar-refractivity contribution in [1.82, 2.24) is 0 Å². The average Bonchev–Trinajstić information content (AvgIpc) is 3.05. The maximum Gasteiger partial charge on any atom is 0.322 e. The molecule has 0 amide bonds. The van der Waals surface area contributed by atoms with Crippen LogP contribution in [-0.4, -0.2) is 30.4 Å². The lowest BCUT2D eigenvalue weighted by Gasteiger charge is -2.44. The van der Waals surface area contributed by atoms with E-state index in [1.165, 1.54) is 6.07 Å². The van der Waals surface area contributed by atoms with Crippen molar-refractivity contribution >= 4 is 28.6 Å². The molecule has 0 fully saturated rings. The van der Waals surface area contributed by atoms with Gasteiger partial charge in [-0.3, -0.25) is 0 Å². The second-order valence-corrected chi connectivity index (χ2v) is 9.59. The normalized spacial score (nSPS) is 12.2. The Hall–Kier alpha value is -5.08. The van der Waals surface area contributed by atoms with Crippen molar-refractivity contribution in [1.29, 1.82) is 0 Å². The SMILES string of the molecule is C#CC[N+](C)=C(O[B-](c1c(F)c(F)c(F)c(F)c1F)(c1c(F)c(F)c(F)c(F)c1F)c1c(F)c(F)c(F)c(F)c1F)c1ccccc1. The zero-order chi connectivity index (χ0) is 35.3. The van der Waals surface area contributed by atoms with Crippen LogP contribution in [0.3, 0.4) is 0 Å². The Kier molecular flexibility index (Phi) is 9.33. The third-order valence-corrected chi connectivity index (χ3v) is 6.94. The van der Waals surface area contributed by atoms with Crippen LogP contribution in [0, 0.1) is 99.6 Å². The van der Waals surface area contributed by atoms with Crippen molar-refractivity contribution in [3.05, 3.63) is 123 Å². The van der Waals surface area contributed by atoms with E-state index < -0.39 is 128 Å². The molecule has 4 aromatic carbocycles. The van der Waals surface area contributed by atoms with E-state index in [-0.39, 0.29) is 0 Å². The molecule has 0 radical (unpaired) electrons. The maximum atomic E-state index is 15.7. The second-order valence-electron chi connectivity index (χ2n) is 9.59. The standard InChI is InChI=1S/C29H11BF15NO/c1-3-9-46(2)29(10-7-5-4-6-8-10)47-30(11-14(31)20(37)26(43)21(38)15(11)32,12-16(33)22(39)27(44)23(40)17(12)34)13-18(35)24(41)28(45)25(42)19(13)36/h1,4-8H,9H2,2H3. The fourth-order valence-electron chi connectivity index (χ4n) is 4.88. The molecule has 0 aliphatic heterocycles. The van der Waals surface area contributed by atoms with Gasteiger partial charge in [0.15, 0.2) is 52.4 Å². The molecule has 18 heteroatoms. The van der Waals surface area contributed by atoms with Gasteiger partial charge in [-0.05, 0) is 18.1 Å². The van der Waals surface area contributed by atoms with E-state index in [1.807, 2.05) is 5.92 Å². The lowest BCUT2D eigenvalue weighted by molar-refractivity contribution is -0.490. The van der Waals surface area contributed by atoms with Crippen LogP contribution in [-0.2, 0) is 4.65 Å². The molecular weight excluding hydrogens is 674 g/mol. The summed E-state index contributed by atoms with van der Waals surface area (Å²) in [4.78, 5) is 0. The van der Waals surface area contributed by atoms with Crippen LogP contribution in [0.1, 0.15) is 5.56 Å². The molecular formula is C29H11BF15NO. The van der Waals surface area contributed by atoms with E-state index in [2.05, 4.69) is 0 Å². The van der Waals surface area contributed by atoms with Crippen LogP contribution in [0.5, 0.6) is 0 Å². The van der Waals surface area contributed by atoms with Gasteiger partial charge in [-0.1, -0.05) is 34.6 Å². The highest BCUT2D eigenvalue weighted by Crippen LogP contribution is 2.29. The first-order valence-corrected chi connectivity index (χ1v) is 12.4. The first kappa shape index (κ1) is 34.8. The molecule has 0 aromatic heterocycles. The minimum absolute atomic E-state index is 0.506. The molecule has 0 unspecified atom stereocenters. The minimum Gasteiger partial charge on any atom is -0.654 e. The number of halogens is 15. The van der Waals surface area contributed by atoms with Crippen molar-refractivity contribution in [2.24, 2.45) is 0 Å². The molecule has 0 saturated heterocycles. The molecule has 0 heterocycles. The number of benzene rings is 4. The van der Waals surface area contributed by atoms with Crippen LogP contribution >= 0.6 is 0 Å². The first-order chi connectivity index (χ1) is 22.0. The smallest absolute Gasteiger partial charge is 0.322 e. The summed E-state index contributed by atoms with van der Waals surface area (Å²) in [6.45, 7) is -0.762. The highest BCUT2D eigenvalue weighted by atomic mass is 19.2. The Labute approximate surface area is 253 Å². The summed E-state index contributed by atoms with van der Waals surface area (Å²) in [7, 11) is 0.874. The molecule has 0 aliphatic rings. The second kappa shape index (κ2) is 12.6. The maximum absolute atomic E-state index is 15.7. The highest BCUT2D eigenvalue weighted by molar-refractivity contribution is 7.08. The zero-order valence-electron chi connectivity index (χ0n) is 22.8. The van der Waals surface area contributed by atoms with Gasteiger partial charge in [0.25, 0.3) is 6.35 Å². The van der Waals surface area contributed by atoms with Gasteiger partial charge < -0.3 is 4.65 Å². The topological polar surface area (TPSA) is 12.2 Å². The van der Waals surface area contributed by atoms with E-state index in [0.717, 1.165) is 31.3 Å². The third kappa shape index (κ3) is 5.23. The lowest BCUT2D eigenvalue weighted by Crippen LogP contribution is -2.76. The summed E-state index contributed by atoms with van der Waals surface area (Å²) in [6, 6.07) is 5.45. The molecule has 0 N–H and O–H groups in total. The molecule has 4 rings (SSSR count). The van der Waals surface area contributed by atoms with Crippen molar-refractivity contribution in [2.45, 2.75) is 0 Å². The molecule has 4 aromatic rings. The van der Waals surface area contributed by atoms with Gasteiger partial charge in [-0.2, -0.15) is 4.58 Å². The summed E-state index contributed by atoms with van der Waals surface area (Å²) in [5.41, 5.74) is -9.23. The van der Waals surface area contributed by atoms with Crippen molar-refractivity contribution in [3.63, 3.8) is 0 Å². The third-order valence-electron chi connectivity index (χ3n) is 6.94. The fraction of sp³-hybridized carbons (Fsp3) is 0.0690. The van der Waals surface area contributed by atoms with Gasteiger partial charge in [0.05, 0.1) is 5.56 Å². The summed E-state index contributed by atoms with van der Waals surface area (Å²) in [5.74, 6) is -46.4. The monoisotopic (exact) mass is 685 g/mol. The van der Waals surface area contributed by atoms with E-state index in [4.69, 9.17) is 11.1 Å². The Morgan fingerprint density at radius 2 is 0.809 bits per heavy atom. The van der Waals surface area contributed by atoms with Crippen LogP contribution in [0.15, 0.2) is 30.3 Å². The number of nitrogens with zero attached hydrogens (tertiary/aromatic N) is 1. The number of hydrogen-bond donors (Lipinski definition) is 0. The fourth-order valence-corrected chi connectivity index (χ4v) is 4.88. The van der Waals surface area contributed by atoms with E-state index in [1.54, 1.807) is 0 Å². The molecule has 2 nitrogen and oxygen atoms in total. The highest BCUT2D eigenvalue weighted by Gasteiger charge is 2.52. The summed E-state index contributed by atoms with van der Waals surface area (Å²) in [6.07, 6.45) is -1.07. The van der Waals surface area contributed by atoms with Crippen LogP contribution in [0.2, 0.25) is 0 Å². The Bertz CT molecular complexity index is 1770. The van der Waals surface area contributed by atoms with Gasteiger partial charge in [-0.15, -0.1) is 6.42 Å². The largest absolute Gasteiger partial charge is 0.654 e. The van der Waals surface area contributed by atoms with E-state index >= 15 is 26.3 Å². The molecule has 0 atom stereocenters. The van der Waals surface area contributed by atoms with Gasteiger partial charge in [0.1, 0.15) is 42.0 Å². The van der Waals surface area contributed by atoms with E-state index in [9.17, 15) is 39.5 Å². The Morgan fingerprint density at radius 3 is 1.09 bits per heavy atom. The molecule has 0 saturated carbocycles. The lowest BCUT2D eigenvalue weighted by atomic mass is 9.27. The van der Waals surface area contributed by atoms with Crippen LogP contribution in [0.4, 0.5) is 65.9 Å². The Morgan fingerprint density at radius 1 is 0.532 bits per heavy atom. The predicted octanol–water partition coefficient (Wildman–Crippen LogP) is 5.48. The van der Waals surface area contributed by atoms with Gasteiger partial charge in [-0.25, -0.2) is 65.9 Å². The van der Waals surface area contributed by atoms with Crippen molar-refractivity contribution < 1.29 is 75.1 Å². The molecule has 0 aliphatic carbocycles. The summed E-state index contributed by atoms with van der Waals surface area (Å²) < 4.78 is 231. The van der Waals surface area contributed by atoms with Crippen LogP contribution in [0.25, 0.3) is 0 Å². The molecule has 246 valence electrons. The van der Waals surface area contributed by atoms with Crippen LogP contribution < -0.4 is 16.4 Å². The van der Waals surface area contributed by atoms with Gasteiger partial charge >= 0.3 is 5.90 Å². The molecule has 0 bridgehead atoms. The van der Waals surface area contributed by atoms with Gasteiger partial charge in [0.2, 0.25) is 6.54 Å². The molecule has 0 spiro atoms. The zero-order valence-corrected chi connectivity index (χ0v) is 22.8. The molecule has 47 heavy (non-hydrogen) atoms. The number of hydrogen-bond acceptors (Lipinski definition) is 1. The average molecular weight is 685 g/mol. The predicted molar refractivity (Wildman–Crippen MR) is 135 cm³/mol. The van der Waals surface area contributed by atoms with Crippen molar-refractivity contribution in [3.8, 4) is 12.3 Å². The number of terminal acetylenes is 1.